The fourth-order valence-corrected chi connectivity index (χ4v) is 5.59. The molecule has 0 unspecified atom stereocenters. The van der Waals surface area contributed by atoms with E-state index in [-0.39, 0.29) is 21.7 Å². The molecule has 0 amide bonds. The fraction of sp³-hybridized carbons (Fsp3) is 0.259. The van der Waals surface area contributed by atoms with Crippen molar-refractivity contribution in [2.75, 3.05) is 18.5 Å². The van der Waals surface area contributed by atoms with Crippen molar-refractivity contribution in [3.8, 4) is 0 Å². The van der Waals surface area contributed by atoms with E-state index in [1.807, 2.05) is 36.4 Å². The number of rotatable bonds is 7. The summed E-state index contributed by atoms with van der Waals surface area (Å²) >= 11 is 0. The van der Waals surface area contributed by atoms with E-state index in [2.05, 4.69) is 87.6 Å². The van der Waals surface area contributed by atoms with E-state index in [1.165, 1.54) is 35.3 Å². The monoisotopic (exact) mass is 451 g/mol. The van der Waals surface area contributed by atoms with Crippen molar-refractivity contribution in [3.05, 3.63) is 108 Å². The topological polar surface area (TPSA) is 12.4 Å². The first-order chi connectivity index (χ1) is 14.2. The Kier molecular flexibility index (Phi) is 13.4. The first-order valence-corrected chi connectivity index (χ1v) is 12.9. The SMILES string of the molecule is C(C=Cc1ccccc1)=Cc1ccccc1.CCP(CC)(CC)=NC1=CC=CC1.[Ti]. The van der Waals surface area contributed by atoms with Gasteiger partial charge in [-0.25, -0.2) is 0 Å². The van der Waals surface area contributed by atoms with Gasteiger partial charge in [0.15, 0.2) is 0 Å². The molecule has 0 aromatic heterocycles. The Morgan fingerprint density at radius 3 is 1.60 bits per heavy atom. The zero-order valence-electron chi connectivity index (χ0n) is 18.5. The largest absolute Gasteiger partial charge is 0.272 e. The van der Waals surface area contributed by atoms with Crippen molar-refractivity contribution in [2.45, 2.75) is 27.2 Å². The molecule has 0 saturated heterocycles. The third-order valence-electron chi connectivity index (χ3n) is 5.15. The van der Waals surface area contributed by atoms with Crippen molar-refractivity contribution in [2.24, 2.45) is 4.74 Å². The smallest absolute Gasteiger partial charge is 0.0425 e. The third-order valence-corrected chi connectivity index (χ3v) is 9.36. The molecule has 156 valence electrons. The second-order valence-corrected chi connectivity index (χ2v) is 11.3. The van der Waals surface area contributed by atoms with Gasteiger partial charge in [0.1, 0.15) is 0 Å². The third kappa shape index (κ3) is 9.44. The number of allylic oxidation sites excluding steroid dienone is 5. The van der Waals surface area contributed by atoms with E-state index in [0.29, 0.717) is 0 Å². The van der Waals surface area contributed by atoms with Gasteiger partial charge in [-0.15, -0.1) is 0 Å². The van der Waals surface area contributed by atoms with Gasteiger partial charge in [0.05, 0.1) is 0 Å². The molecule has 0 radical (unpaired) electrons. The summed E-state index contributed by atoms with van der Waals surface area (Å²) in [6, 6.07) is 20.6. The van der Waals surface area contributed by atoms with Gasteiger partial charge in [-0.3, -0.25) is 4.74 Å². The van der Waals surface area contributed by atoms with Gasteiger partial charge < -0.3 is 0 Å². The number of hydrogen-bond donors (Lipinski definition) is 0. The summed E-state index contributed by atoms with van der Waals surface area (Å²) in [4.78, 5) is 0. The van der Waals surface area contributed by atoms with Crippen molar-refractivity contribution in [3.63, 3.8) is 0 Å². The van der Waals surface area contributed by atoms with E-state index >= 15 is 0 Å². The van der Waals surface area contributed by atoms with Crippen LogP contribution in [0.4, 0.5) is 0 Å². The molecule has 2 aromatic rings. The minimum absolute atomic E-state index is 0. The average molecular weight is 451 g/mol. The van der Waals surface area contributed by atoms with E-state index in [1.54, 1.807) is 0 Å². The molecule has 0 bridgehead atoms. The summed E-state index contributed by atoms with van der Waals surface area (Å²) in [5.74, 6) is 0. The second-order valence-electron chi connectivity index (χ2n) is 6.97. The van der Waals surface area contributed by atoms with E-state index in [9.17, 15) is 0 Å². The minimum Gasteiger partial charge on any atom is -0.272 e. The molecule has 3 heteroatoms. The molecule has 30 heavy (non-hydrogen) atoms. The number of benzene rings is 2. The quantitative estimate of drug-likeness (QED) is 0.227. The number of hydrogen-bond acceptors (Lipinski definition) is 1. The van der Waals surface area contributed by atoms with Crippen molar-refractivity contribution in [1.29, 1.82) is 0 Å². The van der Waals surface area contributed by atoms with Gasteiger partial charge in [-0.2, -0.15) is 0 Å². The summed E-state index contributed by atoms with van der Waals surface area (Å²) in [7, 11) is -0.971. The van der Waals surface area contributed by atoms with Crippen LogP contribution in [0.3, 0.4) is 0 Å². The van der Waals surface area contributed by atoms with E-state index < -0.39 is 7.05 Å². The minimum atomic E-state index is -0.971. The van der Waals surface area contributed by atoms with Crippen LogP contribution in [-0.2, 0) is 21.7 Å². The van der Waals surface area contributed by atoms with Crippen LogP contribution in [0.1, 0.15) is 38.3 Å². The van der Waals surface area contributed by atoms with Gasteiger partial charge in [0.25, 0.3) is 0 Å². The van der Waals surface area contributed by atoms with Crippen LogP contribution in [0, 0.1) is 0 Å². The summed E-state index contributed by atoms with van der Waals surface area (Å²) in [5, 5.41) is 0. The van der Waals surface area contributed by atoms with Crippen LogP contribution < -0.4 is 0 Å². The van der Waals surface area contributed by atoms with Gasteiger partial charge >= 0.3 is 0 Å². The van der Waals surface area contributed by atoms with Crippen LogP contribution in [0.25, 0.3) is 12.2 Å². The van der Waals surface area contributed by atoms with Crippen molar-refractivity contribution < 1.29 is 21.7 Å². The van der Waals surface area contributed by atoms with Crippen LogP contribution in [-0.4, -0.2) is 18.5 Å². The standard InChI is InChI=1S/C16H14.C11H20NP.Ti/c1-3-9-15(10-4-1)13-7-8-14-16-11-5-2-6-12-16;1-4-13(5-2,6-3)12-11-9-7-8-10-11;/h1-14H;7-9H,4-6,10H2,1-3H3;. The van der Waals surface area contributed by atoms with E-state index in [0.717, 1.165) is 6.42 Å². The number of nitrogens with zero attached hydrogens (tertiary/aromatic N) is 1. The molecule has 0 atom stereocenters. The molecular weight excluding hydrogens is 417 g/mol. The van der Waals surface area contributed by atoms with Gasteiger partial charge in [0.2, 0.25) is 0 Å². The molecule has 0 aliphatic heterocycles. The van der Waals surface area contributed by atoms with Crippen LogP contribution in [0.15, 0.2) is 101 Å². The molecule has 3 rings (SSSR count). The maximum absolute atomic E-state index is 4.97. The first kappa shape index (κ1) is 26.4. The maximum atomic E-state index is 4.97. The molecule has 0 N–H and O–H groups in total. The molecular formula is C27H34NPTi. The Morgan fingerprint density at radius 2 is 1.23 bits per heavy atom. The normalized spacial score (nSPS) is 13.0. The predicted octanol–water partition coefficient (Wildman–Crippen LogP) is 8.50. The van der Waals surface area contributed by atoms with Gasteiger partial charge in [-0.1, -0.05) is 118 Å². The van der Waals surface area contributed by atoms with Gasteiger partial charge in [0, 0.05) is 33.8 Å². The Bertz CT molecular complexity index is 826. The molecule has 0 saturated carbocycles. The molecule has 1 aliphatic carbocycles. The van der Waals surface area contributed by atoms with Crippen molar-refractivity contribution >= 4 is 19.2 Å². The zero-order valence-corrected chi connectivity index (χ0v) is 21.0. The zero-order chi connectivity index (χ0) is 20.8. The Hall–Kier alpha value is -1.66. The van der Waals surface area contributed by atoms with Crippen LogP contribution >= 0.6 is 7.05 Å². The second kappa shape index (κ2) is 15.2. The molecule has 0 spiro atoms. The summed E-state index contributed by atoms with van der Waals surface area (Å²) in [6.45, 7) is 6.85. The summed E-state index contributed by atoms with van der Waals surface area (Å²) < 4.78 is 4.97. The fourth-order valence-electron chi connectivity index (χ4n) is 3.13. The van der Waals surface area contributed by atoms with Crippen molar-refractivity contribution in [1.82, 2.24) is 0 Å². The average Bonchev–Trinajstić information content (AvgIpc) is 3.30. The summed E-state index contributed by atoms with van der Waals surface area (Å²) in [6.07, 6.45) is 19.6. The predicted molar refractivity (Wildman–Crippen MR) is 134 cm³/mol. The first-order valence-electron chi connectivity index (χ1n) is 10.6. The Morgan fingerprint density at radius 1 is 0.767 bits per heavy atom. The Balaban J connectivity index is 0.000000297. The van der Waals surface area contributed by atoms with Gasteiger partial charge in [-0.05, 0) is 42.7 Å². The van der Waals surface area contributed by atoms with E-state index in [4.69, 9.17) is 4.74 Å². The molecule has 0 heterocycles. The molecule has 1 nitrogen and oxygen atoms in total. The molecule has 2 aromatic carbocycles. The van der Waals surface area contributed by atoms with Crippen LogP contribution in [0.2, 0.25) is 0 Å². The Labute approximate surface area is 198 Å². The molecule has 0 fully saturated rings. The molecule has 1 aliphatic rings. The maximum Gasteiger partial charge on any atom is 0.0425 e. The van der Waals surface area contributed by atoms with Crippen LogP contribution in [0.5, 0.6) is 0 Å². The summed E-state index contributed by atoms with van der Waals surface area (Å²) in [5.41, 5.74) is 3.75.